The predicted molar refractivity (Wildman–Crippen MR) is 68.6 cm³/mol. The minimum Gasteiger partial charge on any atom is -0.456 e. The van der Waals surface area contributed by atoms with E-state index < -0.39 is 0 Å². The Morgan fingerprint density at radius 3 is 2.76 bits per heavy atom. The molecular weight excluding hydrogens is 212 g/mol. The zero-order valence-corrected chi connectivity index (χ0v) is 9.47. The quantitative estimate of drug-likeness (QED) is 0.689. The Bertz CT molecular complexity index is 653. The van der Waals surface area contributed by atoms with E-state index in [1.807, 2.05) is 43.3 Å². The molecule has 2 N–H and O–H groups in total. The summed E-state index contributed by atoms with van der Waals surface area (Å²) < 4.78 is 5.79. The fourth-order valence-corrected chi connectivity index (χ4v) is 1.95. The third-order valence-corrected chi connectivity index (χ3v) is 2.82. The Kier molecular flexibility index (Phi) is 2.11. The fraction of sp³-hybridized carbons (Fsp3) is 0.0714. The van der Waals surface area contributed by atoms with Gasteiger partial charge in [0.15, 0.2) is 0 Å². The average Bonchev–Trinajstić information content (AvgIpc) is 2.72. The van der Waals surface area contributed by atoms with Crippen LogP contribution in [0.25, 0.3) is 22.3 Å². The molecule has 0 aliphatic rings. The van der Waals surface area contributed by atoms with Crippen molar-refractivity contribution in [3.05, 3.63) is 48.2 Å². The van der Waals surface area contributed by atoms with Crippen LogP contribution in [0.2, 0.25) is 0 Å². The topological polar surface area (TPSA) is 52.0 Å². The predicted octanol–water partition coefficient (Wildman–Crippen LogP) is 3.39. The number of nitrogen functional groups attached to an aromatic ring is 1. The third-order valence-electron chi connectivity index (χ3n) is 2.82. The largest absolute Gasteiger partial charge is 0.456 e. The van der Waals surface area contributed by atoms with E-state index in [4.69, 9.17) is 10.2 Å². The second-order valence-corrected chi connectivity index (χ2v) is 4.07. The Balaban J connectivity index is 2.20. The second-order valence-electron chi connectivity index (χ2n) is 4.07. The highest BCUT2D eigenvalue weighted by Gasteiger charge is 2.08. The first-order valence-electron chi connectivity index (χ1n) is 5.45. The van der Waals surface area contributed by atoms with Gasteiger partial charge in [-0.15, -0.1) is 0 Å². The van der Waals surface area contributed by atoms with Crippen molar-refractivity contribution in [2.24, 2.45) is 0 Å². The zero-order chi connectivity index (χ0) is 11.8. The summed E-state index contributed by atoms with van der Waals surface area (Å²) in [7, 11) is 0. The number of hydrogen-bond donors (Lipinski definition) is 1. The maximum atomic E-state index is 5.79. The highest BCUT2D eigenvalue weighted by Crippen LogP contribution is 2.29. The molecule has 3 aromatic rings. The van der Waals surface area contributed by atoms with Gasteiger partial charge < -0.3 is 10.2 Å². The van der Waals surface area contributed by atoms with Gasteiger partial charge in [0.2, 0.25) is 0 Å². The summed E-state index contributed by atoms with van der Waals surface area (Å²) in [5.74, 6) is 1.36. The number of hydrogen-bond acceptors (Lipinski definition) is 3. The number of fused-ring (bicyclic) bond motifs is 1. The van der Waals surface area contributed by atoms with Crippen LogP contribution in [0, 0.1) is 6.92 Å². The number of para-hydroxylation sites is 1. The lowest BCUT2D eigenvalue weighted by Crippen LogP contribution is -1.91. The highest BCUT2D eigenvalue weighted by atomic mass is 16.3. The van der Waals surface area contributed by atoms with Crippen molar-refractivity contribution in [3.8, 4) is 11.3 Å². The maximum Gasteiger partial charge on any atom is 0.137 e. The van der Waals surface area contributed by atoms with E-state index >= 15 is 0 Å². The van der Waals surface area contributed by atoms with Crippen LogP contribution in [-0.4, -0.2) is 4.98 Å². The molecule has 0 unspecified atom stereocenters. The lowest BCUT2D eigenvalue weighted by atomic mass is 10.1. The van der Waals surface area contributed by atoms with E-state index in [-0.39, 0.29) is 0 Å². The molecule has 0 aliphatic heterocycles. The second kappa shape index (κ2) is 3.63. The van der Waals surface area contributed by atoms with E-state index in [1.165, 1.54) is 0 Å². The number of aromatic nitrogens is 1. The van der Waals surface area contributed by atoms with Gasteiger partial charge in [-0.1, -0.05) is 18.2 Å². The van der Waals surface area contributed by atoms with Crippen molar-refractivity contribution < 1.29 is 4.42 Å². The van der Waals surface area contributed by atoms with Crippen LogP contribution in [0.3, 0.4) is 0 Å². The monoisotopic (exact) mass is 224 g/mol. The van der Waals surface area contributed by atoms with Gasteiger partial charge in [-0.05, 0) is 30.7 Å². The lowest BCUT2D eigenvalue weighted by Gasteiger charge is -2.02. The summed E-state index contributed by atoms with van der Waals surface area (Å²) in [5, 5.41) is 1.10. The van der Waals surface area contributed by atoms with Crippen LogP contribution in [0.1, 0.15) is 5.56 Å². The summed E-state index contributed by atoms with van der Waals surface area (Å²) in [6.45, 7) is 2.00. The number of furan rings is 1. The zero-order valence-electron chi connectivity index (χ0n) is 9.47. The average molecular weight is 224 g/mol. The lowest BCUT2D eigenvalue weighted by molar-refractivity contribution is 0.630. The summed E-state index contributed by atoms with van der Waals surface area (Å²) in [6, 6.07) is 11.8. The molecule has 0 saturated heterocycles. The Morgan fingerprint density at radius 2 is 2.00 bits per heavy atom. The number of nitrogens with zero attached hydrogens (tertiary/aromatic N) is 1. The highest BCUT2D eigenvalue weighted by molar-refractivity contribution is 5.83. The number of anilines is 1. The third kappa shape index (κ3) is 1.65. The maximum absolute atomic E-state index is 5.79. The number of rotatable bonds is 1. The van der Waals surface area contributed by atoms with Crippen LogP contribution in [0.5, 0.6) is 0 Å². The first-order chi connectivity index (χ1) is 8.24. The Morgan fingerprint density at radius 1 is 1.18 bits per heavy atom. The molecule has 84 valence electrons. The molecule has 0 radical (unpaired) electrons. The molecule has 0 spiro atoms. The van der Waals surface area contributed by atoms with E-state index in [0.29, 0.717) is 5.82 Å². The molecule has 0 bridgehead atoms. The van der Waals surface area contributed by atoms with Crippen LogP contribution in [-0.2, 0) is 0 Å². The van der Waals surface area contributed by atoms with Gasteiger partial charge in [-0.3, -0.25) is 0 Å². The van der Waals surface area contributed by atoms with E-state index in [1.54, 1.807) is 6.20 Å². The van der Waals surface area contributed by atoms with Crippen molar-refractivity contribution in [2.45, 2.75) is 6.92 Å². The molecule has 0 saturated carbocycles. The van der Waals surface area contributed by atoms with Crippen LogP contribution in [0.15, 0.2) is 47.0 Å². The molecule has 2 heterocycles. The summed E-state index contributed by atoms with van der Waals surface area (Å²) in [4.78, 5) is 4.10. The van der Waals surface area contributed by atoms with E-state index in [0.717, 1.165) is 27.9 Å². The number of benzene rings is 1. The Labute approximate surface area is 98.9 Å². The number of nitrogens with two attached hydrogens (primary N) is 1. The first-order valence-corrected chi connectivity index (χ1v) is 5.45. The molecule has 0 aliphatic carbocycles. The molecule has 3 nitrogen and oxygen atoms in total. The van der Waals surface area contributed by atoms with E-state index in [2.05, 4.69) is 4.98 Å². The van der Waals surface area contributed by atoms with E-state index in [9.17, 15) is 0 Å². The van der Waals surface area contributed by atoms with Gasteiger partial charge in [0.1, 0.15) is 17.2 Å². The molecule has 3 rings (SSSR count). The first kappa shape index (κ1) is 9.90. The van der Waals surface area contributed by atoms with Crippen molar-refractivity contribution in [1.82, 2.24) is 4.98 Å². The molecule has 1 aromatic carbocycles. The normalized spacial score (nSPS) is 10.9. The van der Waals surface area contributed by atoms with Gasteiger partial charge >= 0.3 is 0 Å². The van der Waals surface area contributed by atoms with Crippen molar-refractivity contribution in [2.75, 3.05) is 5.73 Å². The standard InChI is InChI=1S/C14H12N2O/c1-9-6-14(15)16-8-11(9)13-7-10-4-2-3-5-12(10)17-13/h2-8H,1H3,(H2,15,16). The summed E-state index contributed by atoms with van der Waals surface area (Å²) >= 11 is 0. The summed E-state index contributed by atoms with van der Waals surface area (Å²) in [6.07, 6.45) is 1.75. The molecule has 2 aromatic heterocycles. The van der Waals surface area contributed by atoms with Crippen molar-refractivity contribution in [3.63, 3.8) is 0 Å². The van der Waals surface area contributed by atoms with Gasteiger partial charge in [0.05, 0.1) is 0 Å². The summed E-state index contributed by atoms with van der Waals surface area (Å²) in [5.41, 5.74) is 8.57. The van der Waals surface area contributed by atoms with Crippen molar-refractivity contribution in [1.29, 1.82) is 0 Å². The minimum atomic E-state index is 0.530. The number of pyridine rings is 1. The van der Waals surface area contributed by atoms with Crippen LogP contribution >= 0.6 is 0 Å². The van der Waals surface area contributed by atoms with Gasteiger partial charge in [-0.25, -0.2) is 4.98 Å². The minimum absolute atomic E-state index is 0.530. The van der Waals surface area contributed by atoms with Gasteiger partial charge in [0, 0.05) is 17.1 Å². The number of aryl methyl sites for hydroxylation is 1. The van der Waals surface area contributed by atoms with Gasteiger partial charge in [-0.2, -0.15) is 0 Å². The fourth-order valence-electron chi connectivity index (χ4n) is 1.95. The molecule has 0 atom stereocenters. The van der Waals surface area contributed by atoms with Crippen LogP contribution in [0.4, 0.5) is 5.82 Å². The van der Waals surface area contributed by atoms with Gasteiger partial charge in [0.25, 0.3) is 0 Å². The van der Waals surface area contributed by atoms with Crippen molar-refractivity contribution >= 4 is 16.8 Å². The molecule has 17 heavy (non-hydrogen) atoms. The molecule has 0 amide bonds. The Hall–Kier alpha value is -2.29. The molecular formula is C14H12N2O. The van der Waals surface area contributed by atoms with Crippen LogP contribution < -0.4 is 5.73 Å². The SMILES string of the molecule is Cc1cc(N)ncc1-c1cc2ccccc2o1. The molecule has 0 fully saturated rings. The molecule has 3 heteroatoms. The smallest absolute Gasteiger partial charge is 0.137 e.